The highest BCUT2D eigenvalue weighted by Crippen LogP contribution is 2.17. The Morgan fingerprint density at radius 2 is 1.92 bits per heavy atom. The van der Waals surface area contributed by atoms with E-state index in [9.17, 15) is 14.0 Å². The Labute approximate surface area is 161 Å². The number of nitrogens with zero attached hydrogens (tertiary/aromatic N) is 1. The van der Waals surface area contributed by atoms with E-state index >= 15 is 0 Å². The summed E-state index contributed by atoms with van der Waals surface area (Å²) in [6.45, 7) is 2.22. The number of carbonyl (C=O) groups excluding carboxylic acids is 2. The van der Waals surface area contributed by atoms with Crippen LogP contribution in [0.1, 0.15) is 12.5 Å². The van der Waals surface area contributed by atoms with Gasteiger partial charge in [-0.15, -0.1) is 11.8 Å². The lowest BCUT2D eigenvalue weighted by molar-refractivity contribution is -0.129. The van der Waals surface area contributed by atoms with Crippen LogP contribution in [0.15, 0.2) is 48.5 Å². The van der Waals surface area contributed by atoms with E-state index in [0.717, 1.165) is 5.56 Å². The molecule has 0 aromatic heterocycles. The van der Waals surface area contributed by atoms with Gasteiger partial charge in [0.15, 0.2) is 0 Å². The van der Waals surface area contributed by atoms with E-state index in [1.54, 1.807) is 24.9 Å². The third-order valence-corrected chi connectivity index (χ3v) is 4.99. The SMILES string of the molecule is CC(SCC(=O)Nc1ccc(F)cc1)C(=O)N(C)Cc1cccc(Cl)c1. The number of halogens is 2. The van der Waals surface area contributed by atoms with Gasteiger partial charge >= 0.3 is 0 Å². The number of anilines is 1. The summed E-state index contributed by atoms with van der Waals surface area (Å²) in [6.07, 6.45) is 0. The van der Waals surface area contributed by atoms with E-state index in [0.29, 0.717) is 17.3 Å². The Hall–Kier alpha value is -2.05. The zero-order valence-electron chi connectivity index (χ0n) is 14.5. The molecule has 0 bridgehead atoms. The Balaban J connectivity index is 1.80. The van der Waals surface area contributed by atoms with Crippen LogP contribution in [0.25, 0.3) is 0 Å². The molecule has 1 unspecified atom stereocenters. The summed E-state index contributed by atoms with van der Waals surface area (Å²) in [5.41, 5.74) is 1.47. The Morgan fingerprint density at radius 3 is 2.58 bits per heavy atom. The monoisotopic (exact) mass is 394 g/mol. The van der Waals surface area contributed by atoms with Gasteiger partial charge in [-0.05, 0) is 48.9 Å². The van der Waals surface area contributed by atoms with Crippen LogP contribution in [-0.2, 0) is 16.1 Å². The van der Waals surface area contributed by atoms with Gasteiger partial charge < -0.3 is 10.2 Å². The van der Waals surface area contributed by atoms with Crippen molar-refractivity contribution in [2.45, 2.75) is 18.7 Å². The van der Waals surface area contributed by atoms with E-state index < -0.39 is 0 Å². The number of hydrogen-bond acceptors (Lipinski definition) is 3. The fourth-order valence-electron chi connectivity index (χ4n) is 2.30. The van der Waals surface area contributed by atoms with Crippen molar-refractivity contribution in [3.05, 3.63) is 64.9 Å². The van der Waals surface area contributed by atoms with Gasteiger partial charge in [0.2, 0.25) is 11.8 Å². The maximum absolute atomic E-state index is 12.9. The van der Waals surface area contributed by atoms with Gasteiger partial charge in [-0.2, -0.15) is 0 Å². The lowest BCUT2D eigenvalue weighted by Gasteiger charge is -2.21. The minimum absolute atomic E-state index is 0.0652. The molecule has 0 aliphatic heterocycles. The van der Waals surface area contributed by atoms with E-state index in [1.807, 2.05) is 18.2 Å². The van der Waals surface area contributed by atoms with Crippen molar-refractivity contribution in [1.29, 1.82) is 0 Å². The topological polar surface area (TPSA) is 49.4 Å². The average Bonchev–Trinajstić information content (AvgIpc) is 2.61. The minimum atomic E-state index is -0.363. The molecular formula is C19H20ClFN2O2S. The van der Waals surface area contributed by atoms with Crippen molar-refractivity contribution < 1.29 is 14.0 Å². The molecule has 0 fully saturated rings. The van der Waals surface area contributed by atoms with Gasteiger partial charge in [0.05, 0.1) is 11.0 Å². The number of nitrogens with one attached hydrogen (secondary N) is 1. The largest absolute Gasteiger partial charge is 0.340 e. The molecule has 0 heterocycles. The van der Waals surface area contributed by atoms with Gasteiger partial charge in [0.25, 0.3) is 0 Å². The summed E-state index contributed by atoms with van der Waals surface area (Å²) in [4.78, 5) is 26.0. The van der Waals surface area contributed by atoms with Gasteiger partial charge in [0, 0.05) is 24.3 Å². The van der Waals surface area contributed by atoms with Crippen LogP contribution >= 0.6 is 23.4 Å². The molecule has 0 saturated heterocycles. The second kappa shape index (κ2) is 9.59. The highest BCUT2D eigenvalue weighted by molar-refractivity contribution is 8.01. The fourth-order valence-corrected chi connectivity index (χ4v) is 3.31. The van der Waals surface area contributed by atoms with Crippen LogP contribution in [0.2, 0.25) is 5.02 Å². The maximum Gasteiger partial charge on any atom is 0.235 e. The summed E-state index contributed by atoms with van der Waals surface area (Å²) in [5, 5.41) is 2.94. The first-order valence-electron chi connectivity index (χ1n) is 8.01. The molecule has 2 rings (SSSR count). The molecule has 4 nitrogen and oxygen atoms in total. The fraction of sp³-hybridized carbons (Fsp3) is 0.263. The summed E-state index contributed by atoms with van der Waals surface area (Å²) in [6, 6.07) is 12.9. The molecular weight excluding hydrogens is 375 g/mol. The first-order chi connectivity index (χ1) is 12.3. The predicted molar refractivity (Wildman–Crippen MR) is 105 cm³/mol. The molecule has 1 N–H and O–H groups in total. The third kappa shape index (κ3) is 6.35. The molecule has 2 amide bonds. The number of hydrogen-bond donors (Lipinski definition) is 1. The molecule has 0 saturated carbocycles. The van der Waals surface area contributed by atoms with E-state index in [4.69, 9.17) is 11.6 Å². The summed E-state index contributed by atoms with van der Waals surface area (Å²) in [5.74, 6) is -0.530. The highest BCUT2D eigenvalue weighted by Gasteiger charge is 2.19. The van der Waals surface area contributed by atoms with Crippen molar-refractivity contribution >= 4 is 40.9 Å². The van der Waals surface area contributed by atoms with Crippen LogP contribution < -0.4 is 5.32 Å². The molecule has 2 aromatic rings. The second-order valence-corrected chi connectivity index (χ2v) is 7.60. The molecule has 1 atom stereocenters. The lowest BCUT2D eigenvalue weighted by Crippen LogP contribution is -2.33. The van der Waals surface area contributed by atoms with Gasteiger partial charge in [-0.1, -0.05) is 23.7 Å². The first-order valence-corrected chi connectivity index (χ1v) is 9.44. The van der Waals surface area contributed by atoms with Crippen molar-refractivity contribution in [3.8, 4) is 0 Å². The molecule has 7 heteroatoms. The molecule has 0 spiro atoms. The van der Waals surface area contributed by atoms with Gasteiger partial charge in [0.1, 0.15) is 5.82 Å². The van der Waals surface area contributed by atoms with Crippen LogP contribution in [0.3, 0.4) is 0 Å². The van der Waals surface area contributed by atoms with Crippen molar-refractivity contribution in [2.75, 3.05) is 18.1 Å². The molecule has 2 aromatic carbocycles. The normalized spacial score (nSPS) is 11.7. The quantitative estimate of drug-likeness (QED) is 0.765. The minimum Gasteiger partial charge on any atom is -0.340 e. The Kier molecular flexibility index (Phi) is 7.48. The third-order valence-electron chi connectivity index (χ3n) is 3.63. The number of amides is 2. The van der Waals surface area contributed by atoms with Crippen LogP contribution in [0.4, 0.5) is 10.1 Å². The summed E-state index contributed by atoms with van der Waals surface area (Å²) in [7, 11) is 1.72. The van der Waals surface area contributed by atoms with Gasteiger partial charge in [-0.25, -0.2) is 4.39 Å². The second-order valence-electron chi connectivity index (χ2n) is 5.83. The average molecular weight is 395 g/mol. The molecule has 0 radical (unpaired) electrons. The molecule has 26 heavy (non-hydrogen) atoms. The standard InChI is InChI=1S/C19H20ClFN2O2S/c1-13(19(25)23(2)11-14-4-3-5-15(20)10-14)26-12-18(24)22-17-8-6-16(21)7-9-17/h3-10,13H,11-12H2,1-2H3,(H,22,24). The van der Waals surface area contributed by atoms with E-state index in [1.165, 1.54) is 36.0 Å². The molecule has 0 aliphatic rings. The number of rotatable bonds is 7. The summed E-state index contributed by atoms with van der Waals surface area (Å²) >= 11 is 7.21. The zero-order valence-corrected chi connectivity index (χ0v) is 16.1. The zero-order chi connectivity index (χ0) is 19.1. The Morgan fingerprint density at radius 1 is 1.23 bits per heavy atom. The van der Waals surface area contributed by atoms with E-state index in [-0.39, 0.29) is 28.6 Å². The summed E-state index contributed by atoms with van der Waals surface area (Å²) < 4.78 is 12.9. The highest BCUT2D eigenvalue weighted by atomic mass is 35.5. The van der Waals surface area contributed by atoms with Crippen molar-refractivity contribution in [1.82, 2.24) is 4.90 Å². The number of thioether (sulfide) groups is 1. The van der Waals surface area contributed by atoms with Crippen molar-refractivity contribution in [2.24, 2.45) is 0 Å². The van der Waals surface area contributed by atoms with E-state index in [2.05, 4.69) is 5.32 Å². The lowest BCUT2D eigenvalue weighted by atomic mass is 10.2. The number of carbonyl (C=O) groups is 2. The molecule has 138 valence electrons. The van der Waals surface area contributed by atoms with Crippen molar-refractivity contribution in [3.63, 3.8) is 0 Å². The number of benzene rings is 2. The molecule has 0 aliphatic carbocycles. The predicted octanol–water partition coefficient (Wildman–Crippen LogP) is 4.20. The van der Waals surface area contributed by atoms with Crippen LogP contribution in [-0.4, -0.2) is 34.8 Å². The van der Waals surface area contributed by atoms with Crippen LogP contribution in [0, 0.1) is 5.82 Å². The Bertz CT molecular complexity index is 770. The smallest absolute Gasteiger partial charge is 0.235 e. The maximum atomic E-state index is 12.9. The first kappa shape index (κ1) is 20.3. The van der Waals surface area contributed by atoms with Gasteiger partial charge in [-0.3, -0.25) is 9.59 Å². The van der Waals surface area contributed by atoms with Crippen LogP contribution in [0.5, 0.6) is 0 Å².